The fourth-order valence-corrected chi connectivity index (χ4v) is 2.53. The maximum absolute atomic E-state index is 11.9. The molecule has 0 unspecified atom stereocenters. The van der Waals surface area contributed by atoms with E-state index in [0.717, 1.165) is 11.1 Å². The smallest absolute Gasteiger partial charge is 0.235 e. The Labute approximate surface area is 126 Å². The van der Waals surface area contributed by atoms with Crippen LogP contribution in [0.4, 0.5) is 5.69 Å². The van der Waals surface area contributed by atoms with Crippen molar-refractivity contribution in [1.82, 2.24) is 0 Å². The Morgan fingerprint density at radius 1 is 1.38 bits per heavy atom. The first-order valence-corrected chi connectivity index (χ1v) is 8.32. The average molecular weight is 311 g/mol. The molecule has 1 aromatic rings. The summed E-state index contributed by atoms with van der Waals surface area (Å²) in [6.07, 6.45) is 0.00632. The van der Waals surface area contributed by atoms with Gasteiger partial charge in [-0.15, -0.1) is 0 Å². The lowest BCUT2D eigenvalue weighted by molar-refractivity contribution is 0.0913. The summed E-state index contributed by atoms with van der Waals surface area (Å²) in [5.41, 5.74) is 2.09. The minimum absolute atomic E-state index is 0.00632. The van der Waals surface area contributed by atoms with E-state index in [2.05, 4.69) is 16.6 Å². The molecule has 21 heavy (non-hydrogen) atoms. The molecule has 0 bridgehead atoms. The number of benzene rings is 1. The van der Waals surface area contributed by atoms with Crippen LogP contribution in [0.5, 0.6) is 0 Å². The van der Waals surface area contributed by atoms with Gasteiger partial charge in [0.05, 0.1) is 18.5 Å². The van der Waals surface area contributed by atoms with Crippen LogP contribution in [-0.4, -0.2) is 38.6 Å². The van der Waals surface area contributed by atoms with Crippen LogP contribution in [0, 0.1) is 18.8 Å². The van der Waals surface area contributed by atoms with Crippen LogP contribution in [0.2, 0.25) is 0 Å². The Morgan fingerprint density at radius 3 is 2.67 bits per heavy atom. The van der Waals surface area contributed by atoms with Crippen molar-refractivity contribution in [1.29, 1.82) is 0 Å². The molecule has 5 nitrogen and oxygen atoms in total. The number of aryl methyl sites for hydroxylation is 1. The number of sulfonamides is 1. The lowest BCUT2D eigenvalue weighted by Gasteiger charge is -2.11. The van der Waals surface area contributed by atoms with Crippen molar-refractivity contribution in [2.45, 2.75) is 26.9 Å². The van der Waals surface area contributed by atoms with Crippen molar-refractivity contribution in [2.24, 2.45) is 0 Å². The molecule has 0 aliphatic carbocycles. The van der Waals surface area contributed by atoms with Crippen LogP contribution in [0.15, 0.2) is 18.2 Å². The third-order valence-electron chi connectivity index (χ3n) is 2.61. The maximum atomic E-state index is 11.9. The number of rotatable bonds is 6. The van der Waals surface area contributed by atoms with Crippen molar-refractivity contribution in [3.8, 4) is 11.8 Å². The highest BCUT2D eigenvalue weighted by Crippen LogP contribution is 2.15. The number of hydrogen-bond acceptors (Lipinski definition) is 4. The summed E-state index contributed by atoms with van der Waals surface area (Å²) in [5, 5.41) is 8.67. The third kappa shape index (κ3) is 6.63. The van der Waals surface area contributed by atoms with Crippen LogP contribution < -0.4 is 4.72 Å². The minimum Gasteiger partial charge on any atom is -0.384 e. The summed E-state index contributed by atoms with van der Waals surface area (Å²) in [5.74, 6) is 5.28. The summed E-state index contributed by atoms with van der Waals surface area (Å²) in [6.45, 7) is 5.50. The van der Waals surface area contributed by atoms with Crippen molar-refractivity contribution < 1.29 is 18.3 Å². The van der Waals surface area contributed by atoms with E-state index in [4.69, 9.17) is 9.84 Å². The minimum atomic E-state index is -3.43. The molecule has 0 aliphatic rings. The number of hydrogen-bond donors (Lipinski definition) is 2. The highest BCUT2D eigenvalue weighted by molar-refractivity contribution is 7.92. The van der Waals surface area contributed by atoms with Crippen LogP contribution in [0.25, 0.3) is 0 Å². The van der Waals surface area contributed by atoms with E-state index in [-0.39, 0.29) is 25.1 Å². The van der Waals surface area contributed by atoms with E-state index < -0.39 is 10.0 Å². The van der Waals surface area contributed by atoms with Gasteiger partial charge in [-0.3, -0.25) is 4.72 Å². The van der Waals surface area contributed by atoms with E-state index >= 15 is 0 Å². The zero-order valence-corrected chi connectivity index (χ0v) is 13.3. The lowest BCUT2D eigenvalue weighted by atomic mass is 10.1. The van der Waals surface area contributed by atoms with Crippen molar-refractivity contribution in [3.05, 3.63) is 29.3 Å². The Balaban J connectivity index is 2.72. The maximum Gasteiger partial charge on any atom is 0.235 e. The lowest BCUT2D eigenvalue weighted by Crippen LogP contribution is -2.21. The zero-order chi connectivity index (χ0) is 15.9. The first-order valence-electron chi connectivity index (χ1n) is 6.66. The largest absolute Gasteiger partial charge is 0.384 e. The molecule has 0 saturated heterocycles. The van der Waals surface area contributed by atoms with Gasteiger partial charge in [0.2, 0.25) is 10.0 Å². The number of nitrogens with one attached hydrogen (secondary N) is 1. The molecule has 0 amide bonds. The fraction of sp³-hybridized carbons (Fsp3) is 0.467. The summed E-state index contributed by atoms with van der Waals surface area (Å²) in [7, 11) is -3.43. The normalized spacial score (nSPS) is 11.1. The topological polar surface area (TPSA) is 75.6 Å². The van der Waals surface area contributed by atoms with E-state index in [1.165, 1.54) is 0 Å². The van der Waals surface area contributed by atoms with E-state index in [0.29, 0.717) is 5.69 Å². The molecule has 0 aliphatic heterocycles. The van der Waals surface area contributed by atoms with E-state index in [9.17, 15) is 8.42 Å². The van der Waals surface area contributed by atoms with Crippen LogP contribution in [0.3, 0.4) is 0 Å². The molecule has 2 N–H and O–H groups in total. The predicted octanol–water partition coefficient (Wildman–Crippen LogP) is 1.51. The van der Waals surface area contributed by atoms with Gasteiger partial charge in [-0.2, -0.15) is 0 Å². The third-order valence-corrected chi connectivity index (χ3v) is 3.86. The first-order chi connectivity index (χ1) is 9.84. The summed E-state index contributed by atoms with van der Waals surface area (Å²) < 4.78 is 31.5. The Hall–Kier alpha value is -1.55. The van der Waals surface area contributed by atoms with Gasteiger partial charge in [-0.1, -0.05) is 11.8 Å². The number of anilines is 1. The molecule has 0 heterocycles. The van der Waals surface area contributed by atoms with Gasteiger partial charge in [-0.25, -0.2) is 8.42 Å². The van der Waals surface area contributed by atoms with Crippen LogP contribution >= 0.6 is 0 Å². The molecular weight excluding hydrogens is 290 g/mol. The van der Waals surface area contributed by atoms with Gasteiger partial charge in [0.25, 0.3) is 0 Å². The molecule has 0 fully saturated rings. The molecule has 1 aromatic carbocycles. The first kappa shape index (κ1) is 17.5. The number of ether oxygens (including phenoxy) is 1. The van der Waals surface area contributed by atoms with Crippen molar-refractivity contribution in [3.63, 3.8) is 0 Å². The SMILES string of the molecule is Cc1cc(NS(=O)(=O)CCOC(C)C)ccc1C#CCO. The molecular formula is C15H21NO4S. The number of aliphatic hydroxyl groups is 1. The Morgan fingerprint density at radius 2 is 2.10 bits per heavy atom. The Kier molecular flexibility index (Phi) is 6.69. The molecule has 0 atom stereocenters. The quantitative estimate of drug-likeness (QED) is 0.781. The van der Waals surface area contributed by atoms with Gasteiger partial charge in [0.1, 0.15) is 6.61 Å². The Bertz CT molecular complexity index is 627. The van der Waals surface area contributed by atoms with Gasteiger partial charge in [0, 0.05) is 11.3 Å². The molecule has 6 heteroatoms. The van der Waals surface area contributed by atoms with Crippen molar-refractivity contribution >= 4 is 15.7 Å². The van der Waals surface area contributed by atoms with Gasteiger partial charge < -0.3 is 9.84 Å². The molecule has 1 rings (SSSR count). The van der Waals surface area contributed by atoms with Gasteiger partial charge in [-0.05, 0) is 44.5 Å². The summed E-state index contributed by atoms with van der Waals surface area (Å²) in [4.78, 5) is 0. The second-order valence-electron chi connectivity index (χ2n) is 4.83. The van der Waals surface area contributed by atoms with E-state index in [1.54, 1.807) is 18.2 Å². The van der Waals surface area contributed by atoms with Gasteiger partial charge >= 0.3 is 0 Å². The highest BCUT2D eigenvalue weighted by Gasteiger charge is 2.11. The summed E-state index contributed by atoms with van der Waals surface area (Å²) >= 11 is 0. The molecule has 0 aromatic heterocycles. The predicted molar refractivity (Wildman–Crippen MR) is 83.6 cm³/mol. The molecule has 0 spiro atoms. The monoisotopic (exact) mass is 311 g/mol. The fourth-order valence-electron chi connectivity index (χ4n) is 1.63. The zero-order valence-electron chi connectivity index (χ0n) is 12.5. The van der Waals surface area contributed by atoms with Gasteiger partial charge in [0.15, 0.2) is 0 Å². The summed E-state index contributed by atoms with van der Waals surface area (Å²) in [6, 6.07) is 5.08. The van der Waals surface area contributed by atoms with Crippen molar-refractivity contribution in [2.75, 3.05) is 23.7 Å². The van der Waals surface area contributed by atoms with E-state index in [1.807, 2.05) is 20.8 Å². The molecule has 0 radical (unpaired) electrons. The molecule has 116 valence electrons. The standard InChI is InChI=1S/C15H21NO4S/c1-12(2)20-9-10-21(18,19)16-15-7-6-14(5-4-8-17)13(3)11-15/h6-7,11-12,16-17H,8-10H2,1-3H3. The average Bonchev–Trinajstić information content (AvgIpc) is 2.36. The highest BCUT2D eigenvalue weighted by atomic mass is 32.2. The van der Waals surface area contributed by atoms with Crippen LogP contribution in [-0.2, 0) is 14.8 Å². The molecule has 0 saturated carbocycles. The second kappa shape index (κ2) is 8.03. The van der Waals surface area contributed by atoms with Crippen LogP contribution in [0.1, 0.15) is 25.0 Å². The number of aliphatic hydroxyl groups excluding tert-OH is 1. The second-order valence-corrected chi connectivity index (χ2v) is 6.67.